The summed E-state index contributed by atoms with van der Waals surface area (Å²) in [5, 5.41) is 0.913. The number of hydrogen-bond acceptors (Lipinski definition) is 4. The predicted molar refractivity (Wildman–Crippen MR) is 62.7 cm³/mol. The number of nitrogens with one attached hydrogen (secondary N) is 1. The number of methoxy groups -OCH3 is 1. The molecule has 0 aliphatic heterocycles. The van der Waals surface area contributed by atoms with Gasteiger partial charge in [-0.25, -0.2) is 9.78 Å². The SMILES string of the molecule is COC(=O)c1ccc2c(c1)ncc1[nH]cnc12. The lowest BCUT2D eigenvalue weighted by molar-refractivity contribution is 0.0601. The first-order chi connectivity index (χ1) is 8.29. The highest BCUT2D eigenvalue weighted by atomic mass is 16.5. The van der Waals surface area contributed by atoms with Crippen LogP contribution in [-0.2, 0) is 4.74 Å². The number of carbonyl (C=O) groups is 1. The van der Waals surface area contributed by atoms with Crippen LogP contribution in [0.5, 0.6) is 0 Å². The summed E-state index contributed by atoms with van der Waals surface area (Å²) in [6, 6.07) is 5.25. The topological polar surface area (TPSA) is 67.9 Å². The quantitative estimate of drug-likeness (QED) is 0.644. The number of fused-ring (bicyclic) bond motifs is 3. The van der Waals surface area contributed by atoms with Crippen LogP contribution in [0.1, 0.15) is 10.4 Å². The zero-order valence-corrected chi connectivity index (χ0v) is 9.10. The Kier molecular flexibility index (Phi) is 2.04. The Balaban J connectivity index is 2.30. The van der Waals surface area contributed by atoms with Gasteiger partial charge in [0, 0.05) is 5.39 Å². The molecule has 0 spiro atoms. The summed E-state index contributed by atoms with van der Waals surface area (Å²) >= 11 is 0. The summed E-state index contributed by atoms with van der Waals surface area (Å²) in [5.41, 5.74) is 2.95. The van der Waals surface area contributed by atoms with Crippen LogP contribution in [0.15, 0.2) is 30.7 Å². The van der Waals surface area contributed by atoms with Crippen LogP contribution in [0.4, 0.5) is 0 Å². The van der Waals surface area contributed by atoms with Gasteiger partial charge in [-0.05, 0) is 18.2 Å². The highest BCUT2D eigenvalue weighted by Crippen LogP contribution is 2.21. The van der Waals surface area contributed by atoms with E-state index in [0.29, 0.717) is 5.56 Å². The number of aromatic amines is 1. The minimum atomic E-state index is -0.365. The number of nitrogens with zero attached hydrogens (tertiary/aromatic N) is 2. The van der Waals surface area contributed by atoms with Gasteiger partial charge in [0.1, 0.15) is 0 Å². The predicted octanol–water partition coefficient (Wildman–Crippen LogP) is 1.90. The fourth-order valence-electron chi connectivity index (χ4n) is 1.83. The van der Waals surface area contributed by atoms with Crippen molar-refractivity contribution >= 4 is 27.9 Å². The molecule has 0 bridgehead atoms. The smallest absolute Gasteiger partial charge is 0.337 e. The summed E-state index contributed by atoms with van der Waals surface area (Å²) in [7, 11) is 1.36. The fraction of sp³-hybridized carbons (Fsp3) is 0.0833. The third kappa shape index (κ3) is 1.44. The molecule has 0 aliphatic carbocycles. The number of rotatable bonds is 1. The average Bonchev–Trinajstić information content (AvgIpc) is 2.85. The molecule has 5 heteroatoms. The highest BCUT2D eigenvalue weighted by Gasteiger charge is 2.09. The van der Waals surface area contributed by atoms with E-state index in [4.69, 9.17) is 0 Å². The highest BCUT2D eigenvalue weighted by molar-refractivity contribution is 6.04. The Hall–Kier alpha value is -2.43. The Morgan fingerprint density at radius 3 is 3.06 bits per heavy atom. The fourth-order valence-corrected chi connectivity index (χ4v) is 1.83. The van der Waals surface area contributed by atoms with Crippen LogP contribution in [0.3, 0.4) is 0 Å². The number of ether oxygens (including phenoxy) is 1. The zero-order valence-electron chi connectivity index (χ0n) is 9.10. The van der Waals surface area contributed by atoms with Crippen molar-refractivity contribution in [3.05, 3.63) is 36.3 Å². The molecule has 2 heterocycles. The molecule has 2 aromatic heterocycles. The normalized spacial score (nSPS) is 10.9. The summed E-state index contributed by atoms with van der Waals surface area (Å²) in [6.45, 7) is 0. The van der Waals surface area contributed by atoms with Crippen molar-refractivity contribution < 1.29 is 9.53 Å². The van der Waals surface area contributed by atoms with Crippen molar-refractivity contribution in [2.45, 2.75) is 0 Å². The van der Waals surface area contributed by atoms with Crippen molar-refractivity contribution in [2.24, 2.45) is 0 Å². The van der Waals surface area contributed by atoms with Gasteiger partial charge in [-0.1, -0.05) is 0 Å². The zero-order chi connectivity index (χ0) is 11.8. The standard InChI is InChI=1S/C12H9N3O2/c1-17-12(16)7-2-3-8-9(4-7)13-5-10-11(8)15-6-14-10/h2-6H,1H3,(H,14,15). The van der Waals surface area contributed by atoms with Gasteiger partial charge in [0.15, 0.2) is 0 Å². The maximum absolute atomic E-state index is 11.4. The minimum Gasteiger partial charge on any atom is -0.465 e. The second-order valence-corrected chi connectivity index (χ2v) is 3.65. The monoisotopic (exact) mass is 227 g/mol. The maximum Gasteiger partial charge on any atom is 0.337 e. The van der Waals surface area contributed by atoms with E-state index in [0.717, 1.165) is 21.9 Å². The lowest BCUT2D eigenvalue weighted by atomic mass is 10.1. The lowest BCUT2D eigenvalue weighted by Crippen LogP contribution is -2.00. The summed E-state index contributed by atoms with van der Waals surface area (Å²) < 4.78 is 4.67. The van der Waals surface area contributed by atoms with Crippen molar-refractivity contribution in [2.75, 3.05) is 7.11 Å². The average molecular weight is 227 g/mol. The van der Waals surface area contributed by atoms with Gasteiger partial charge in [0.25, 0.3) is 0 Å². The molecule has 5 nitrogen and oxygen atoms in total. The van der Waals surface area contributed by atoms with E-state index in [1.807, 2.05) is 6.07 Å². The number of pyridine rings is 1. The molecular weight excluding hydrogens is 218 g/mol. The van der Waals surface area contributed by atoms with Gasteiger partial charge >= 0.3 is 5.97 Å². The second kappa shape index (κ2) is 3.55. The van der Waals surface area contributed by atoms with Crippen molar-refractivity contribution in [3.8, 4) is 0 Å². The Morgan fingerprint density at radius 2 is 2.24 bits per heavy atom. The molecule has 0 saturated heterocycles. The molecule has 1 aromatic carbocycles. The number of carbonyl (C=O) groups excluding carboxylic acids is 1. The molecule has 0 amide bonds. The van der Waals surface area contributed by atoms with E-state index >= 15 is 0 Å². The van der Waals surface area contributed by atoms with Gasteiger partial charge in [-0.3, -0.25) is 4.98 Å². The Morgan fingerprint density at radius 1 is 1.35 bits per heavy atom. The molecule has 0 fully saturated rings. The van der Waals surface area contributed by atoms with Gasteiger partial charge in [-0.2, -0.15) is 0 Å². The van der Waals surface area contributed by atoms with E-state index in [9.17, 15) is 4.79 Å². The molecular formula is C12H9N3O2. The molecule has 3 rings (SSSR count). The number of hydrogen-bond donors (Lipinski definition) is 1. The number of H-pyrrole nitrogens is 1. The molecule has 3 aromatic rings. The van der Waals surface area contributed by atoms with Gasteiger partial charge < -0.3 is 9.72 Å². The third-order valence-electron chi connectivity index (χ3n) is 2.68. The molecule has 0 radical (unpaired) electrons. The number of benzene rings is 1. The maximum atomic E-state index is 11.4. The van der Waals surface area contributed by atoms with Crippen LogP contribution in [0.2, 0.25) is 0 Å². The van der Waals surface area contributed by atoms with Gasteiger partial charge in [-0.15, -0.1) is 0 Å². The molecule has 84 valence electrons. The van der Waals surface area contributed by atoms with Crippen molar-refractivity contribution in [3.63, 3.8) is 0 Å². The molecule has 1 N–H and O–H groups in total. The first-order valence-electron chi connectivity index (χ1n) is 5.10. The van der Waals surface area contributed by atoms with Crippen LogP contribution >= 0.6 is 0 Å². The number of imidazole rings is 1. The van der Waals surface area contributed by atoms with Crippen LogP contribution < -0.4 is 0 Å². The van der Waals surface area contributed by atoms with Crippen molar-refractivity contribution in [1.29, 1.82) is 0 Å². The largest absolute Gasteiger partial charge is 0.465 e. The van der Waals surface area contributed by atoms with Crippen LogP contribution in [0.25, 0.3) is 21.9 Å². The number of esters is 1. The first kappa shape index (κ1) is 9.77. The first-order valence-corrected chi connectivity index (χ1v) is 5.10. The van der Waals surface area contributed by atoms with Gasteiger partial charge in [0.2, 0.25) is 0 Å². The van der Waals surface area contributed by atoms with E-state index in [1.165, 1.54) is 7.11 Å². The summed E-state index contributed by atoms with van der Waals surface area (Å²) in [4.78, 5) is 22.9. The molecule has 0 aliphatic rings. The molecule has 0 atom stereocenters. The summed E-state index contributed by atoms with van der Waals surface area (Å²) in [6.07, 6.45) is 3.33. The van der Waals surface area contributed by atoms with E-state index in [2.05, 4.69) is 19.7 Å². The molecule has 17 heavy (non-hydrogen) atoms. The third-order valence-corrected chi connectivity index (χ3v) is 2.68. The van der Waals surface area contributed by atoms with Crippen LogP contribution in [0, 0.1) is 0 Å². The Bertz CT molecular complexity index is 718. The van der Waals surface area contributed by atoms with E-state index < -0.39 is 0 Å². The van der Waals surface area contributed by atoms with Crippen molar-refractivity contribution in [1.82, 2.24) is 15.0 Å². The minimum absolute atomic E-state index is 0.365. The summed E-state index contributed by atoms with van der Waals surface area (Å²) in [5.74, 6) is -0.365. The molecule has 0 saturated carbocycles. The van der Waals surface area contributed by atoms with Gasteiger partial charge in [0.05, 0.1) is 41.7 Å². The molecule has 0 unspecified atom stereocenters. The number of aromatic nitrogens is 3. The van der Waals surface area contributed by atoms with E-state index in [-0.39, 0.29) is 5.97 Å². The second-order valence-electron chi connectivity index (χ2n) is 3.65. The lowest BCUT2D eigenvalue weighted by Gasteiger charge is -2.01. The Labute approximate surface area is 96.4 Å². The van der Waals surface area contributed by atoms with E-state index in [1.54, 1.807) is 24.7 Å². The van der Waals surface area contributed by atoms with Crippen LogP contribution in [-0.4, -0.2) is 28.0 Å².